The largest absolute Gasteiger partial charge is 0.456 e. The number of benzene rings is 15. The second-order valence-corrected chi connectivity index (χ2v) is 35.8. The molecule has 3 aliphatic rings. The Morgan fingerprint density at radius 1 is 0.215 bits per heavy atom. The van der Waals surface area contributed by atoms with Crippen LogP contribution in [0.25, 0.3) is 178 Å². The van der Waals surface area contributed by atoms with Crippen molar-refractivity contribution in [2.24, 2.45) is 0 Å². The SMILES string of the molecule is CC1(C)c2ccccc2-c2c(-c3nc(-c4ccccc4)nc(-c4cccc5oc6ccccc6c45)n3)cccc2C1(C)C.CC1(C)c2ccccc2-c2cc(-c3nc4ccccc4nc3-c3ccc(-c4ccccc4)cc3)ccc2C1(C)C.CC1(C)c2ccccc2-c2cccc(-c3nc4c(ccc5ccccc54)nc3-c3ccccc3)c2C1(C)C. The van der Waals surface area contributed by atoms with E-state index in [9.17, 15) is 0 Å². The molecule has 0 spiro atoms. The van der Waals surface area contributed by atoms with E-state index in [-0.39, 0.29) is 32.5 Å². The minimum Gasteiger partial charge on any atom is -0.456 e. The van der Waals surface area contributed by atoms with Crippen molar-refractivity contribution in [2.45, 2.75) is 116 Å². The third-order valence-corrected chi connectivity index (χ3v) is 28.0. The molecule has 121 heavy (non-hydrogen) atoms. The first kappa shape index (κ1) is 75.8. The predicted octanol–water partition coefficient (Wildman–Crippen LogP) is 29.2. The number of nitrogens with zero attached hydrogens (tertiary/aromatic N) is 7. The van der Waals surface area contributed by atoms with E-state index in [1.807, 2.05) is 78.9 Å². The molecule has 0 atom stereocenters. The van der Waals surface area contributed by atoms with Gasteiger partial charge in [-0.05, 0) is 147 Å². The van der Waals surface area contributed by atoms with Gasteiger partial charge >= 0.3 is 0 Å². The maximum absolute atomic E-state index is 6.23. The summed E-state index contributed by atoms with van der Waals surface area (Å²) in [6.07, 6.45) is 0. The standard InChI is InChI=1S/C39H31N3O.C38H32N2.C36H30N2/c1-38(2)29-20-10-8-16-25(29)33-27(18-12-21-30(33)39(38,3)4)36-40-35(24-14-6-5-7-15-24)41-37(42-36)28-19-13-23-32-34(28)26-17-9-11-22-31(26)43-32;1-37(2)31-15-9-8-14-29(31)30-24-28(22-23-32(30)38(37,3)4)36-35(39-33-16-10-11-17-34(33)40-36)27-20-18-26(19-21-27)25-12-6-5-7-13-25;1-35(2)29-20-11-10-17-26(29)27-18-12-19-28(31(27)36(35,3)4)34-32(24-14-6-5-7-15-24)37-30-22-21-23-13-8-9-16-25(23)33(30)38-34/h5-23H,1-4H3;5-24H,1-4H3;5-22H,1-4H3. The van der Waals surface area contributed by atoms with Crippen LogP contribution in [-0.2, 0) is 32.5 Å². The number of furan rings is 1. The van der Waals surface area contributed by atoms with Gasteiger partial charge in [-0.3, -0.25) is 0 Å². The van der Waals surface area contributed by atoms with Crippen LogP contribution in [0.15, 0.2) is 350 Å². The highest BCUT2D eigenvalue weighted by molar-refractivity contribution is 6.12. The lowest BCUT2D eigenvalue weighted by Gasteiger charge is -2.49. The van der Waals surface area contributed by atoms with Crippen LogP contribution in [0.2, 0.25) is 0 Å². The lowest BCUT2D eigenvalue weighted by Crippen LogP contribution is -2.44. The molecule has 3 aliphatic carbocycles. The van der Waals surface area contributed by atoms with Gasteiger partial charge in [0.1, 0.15) is 11.2 Å². The molecule has 8 nitrogen and oxygen atoms in total. The summed E-state index contributed by atoms with van der Waals surface area (Å²) in [7, 11) is 0. The molecule has 0 bridgehead atoms. The van der Waals surface area contributed by atoms with Gasteiger partial charge in [0.05, 0.1) is 44.8 Å². The van der Waals surface area contributed by atoms with Gasteiger partial charge < -0.3 is 4.42 Å². The smallest absolute Gasteiger partial charge is 0.164 e. The van der Waals surface area contributed by atoms with Crippen LogP contribution < -0.4 is 0 Å². The zero-order valence-corrected chi connectivity index (χ0v) is 70.4. The van der Waals surface area contributed by atoms with Gasteiger partial charge in [0.15, 0.2) is 17.5 Å². The number of hydrogen-bond donors (Lipinski definition) is 0. The van der Waals surface area contributed by atoms with E-state index >= 15 is 0 Å². The Morgan fingerprint density at radius 2 is 0.620 bits per heavy atom. The van der Waals surface area contributed by atoms with Crippen molar-refractivity contribution in [3.63, 3.8) is 0 Å². The molecule has 0 aliphatic heterocycles. The molecule has 0 fully saturated rings. The van der Waals surface area contributed by atoms with Crippen molar-refractivity contribution in [3.8, 4) is 124 Å². The first-order valence-electron chi connectivity index (χ1n) is 42.2. The summed E-state index contributed by atoms with van der Waals surface area (Å²) in [5.74, 6) is 1.94. The number of hydrogen-bond acceptors (Lipinski definition) is 8. The second kappa shape index (κ2) is 29.0. The second-order valence-electron chi connectivity index (χ2n) is 35.8. The molecule has 586 valence electrons. The number of rotatable bonds is 8. The van der Waals surface area contributed by atoms with Crippen LogP contribution in [0.4, 0.5) is 0 Å². The molecule has 0 saturated carbocycles. The van der Waals surface area contributed by atoms with Gasteiger partial charge in [-0.1, -0.05) is 392 Å². The van der Waals surface area contributed by atoms with Crippen LogP contribution in [0.1, 0.15) is 116 Å². The van der Waals surface area contributed by atoms with Crippen molar-refractivity contribution < 1.29 is 4.42 Å². The van der Waals surface area contributed by atoms with Crippen molar-refractivity contribution in [1.82, 2.24) is 34.9 Å². The van der Waals surface area contributed by atoms with E-state index in [0.717, 1.165) is 111 Å². The minimum absolute atomic E-state index is 0.00647. The normalized spacial score (nSPS) is 15.0. The number of aromatic nitrogens is 7. The van der Waals surface area contributed by atoms with Gasteiger partial charge in [-0.2, -0.15) is 0 Å². The summed E-state index contributed by atoms with van der Waals surface area (Å²) >= 11 is 0. The van der Waals surface area contributed by atoms with E-state index in [4.69, 9.17) is 39.3 Å². The fourth-order valence-corrected chi connectivity index (χ4v) is 19.3. The molecule has 4 heterocycles. The third kappa shape index (κ3) is 12.3. The summed E-state index contributed by atoms with van der Waals surface area (Å²) in [6, 6.07) is 122. The van der Waals surface area contributed by atoms with Crippen LogP contribution in [0.3, 0.4) is 0 Å². The summed E-state index contributed by atoms with van der Waals surface area (Å²) in [5, 5.41) is 4.37. The maximum atomic E-state index is 6.23. The zero-order chi connectivity index (χ0) is 82.9. The summed E-state index contributed by atoms with van der Waals surface area (Å²) in [6.45, 7) is 28.4. The first-order chi connectivity index (χ1) is 58.6. The average molecular weight is 1570 g/mol. The lowest BCUT2D eigenvalue weighted by molar-refractivity contribution is 0.299. The molecule has 0 radical (unpaired) electrons. The molecule has 19 aromatic rings. The Balaban J connectivity index is 0.000000116. The van der Waals surface area contributed by atoms with Gasteiger partial charge in [0.2, 0.25) is 0 Å². The molecular weight excluding hydrogens is 1470 g/mol. The topological polar surface area (TPSA) is 103 Å². The fraction of sp³-hybridized carbons (Fsp3) is 0.159. The van der Waals surface area contributed by atoms with Crippen molar-refractivity contribution in [1.29, 1.82) is 0 Å². The maximum Gasteiger partial charge on any atom is 0.164 e. The molecule has 0 saturated heterocycles. The highest BCUT2D eigenvalue weighted by atomic mass is 16.3. The van der Waals surface area contributed by atoms with Crippen molar-refractivity contribution in [3.05, 3.63) is 379 Å². The van der Waals surface area contributed by atoms with Crippen molar-refractivity contribution in [2.75, 3.05) is 0 Å². The highest BCUT2D eigenvalue weighted by Gasteiger charge is 2.50. The lowest BCUT2D eigenvalue weighted by atomic mass is 9.54. The summed E-state index contributed by atoms with van der Waals surface area (Å²) in [4.78, 5) is 36.6. The molecule has 4 aromatic heterocycles. The van der Waals surface area contributed by atoms with E-state index in [1.165, 1.54) is 83.3 Å². The minimum atomic E-state index is -0.142. The summed E-state index contributed by atoms with van der Waals surface area (Å²) in [5.41, 5.74) is 34.1. The number of fused-ring (bicyclic) bond motifs is 16. The molecule has 0 N–H and O–H groups in total. The Labute approximate surface area is 707 Å². The Kier molecular flexibility index (Phi) is 18.1. The molecular formula is C113H93N7O. The van der Waals surface area contributed by atoms with Crippen LogP contribution in [0.5, 0.6) is 0 Å². The summed E-state index contributed by atoms with van der Waals surface area (Å²) < 4.78 is 6.23. The van der Waals surface area contributed by atoms with Crippen molar-refractivity contribution >= 4 is 54.8 Å². The molecule has 15 aromatic carbocycles. The van der Waals surface area contributed by atoms with Gasteiger partial charge in [0, 0.05) is 60.5 Å². The van der Waals surface area contributed by atoms with Crippen LogP contribution in [-0.4, -0.2) is 34.9 Å². The number of para-hydroxylation sites is 3. The Bertz CT molecular complexity index is 7320. The van der Waals surface area contributed by atoms with Crippen LogP contribution in [0, 0.1) is 0 Å². The third-order valence-electron chi connectivity index (χ3n) is 28.0. The molecule has 8 heteroatoms. The van der Waals surface area contributed by atoms with Gasteiger partial charge in [0.25, 0.3) is 0 Å². The van der Waals surface area contributed by atoms with E-state index in [1.54, 1.807) is 0 Å². The Morgan fingerprint density at radius 3 is 1.29 bits per heavy atom. The van der Waals surface area contributed by atoms with E-state index < -0.39 is 0 Å². The predicted molar refractivity (Wildman–Crippen MR) is 502 cm³/mol. The first-order valence-corrected chi connectivity index (χ1v) is 42.2. The zero-order valence-electron chi connectivity index (χ0n) is 70.4. The Hall–Kier alpha value is -14.0. The molecule has 0 amide bonds. The van der Waals surface area contributed by atoms with E-state index in [2.05, 4.69) is 350 Å². The van der Waals surface area contributed by atoms with Gasteiger partial charge in [-0.25, -0.2) is 34.9 Å². The quantitative estimate of drug-likeness (QED) is 0.139. The fourth-order valence-electron chi connectivity index (χ4n) is 19.3. The van der Waals surface area contributed by atoms with E-state index in [0.29, 0.717) is 17.5 Å². The molecule has 0 unspecified atom stereocenters. The molecule has 22 rings (SSSR count). The monoisotopic (exact) mass is 1560 g/mol. The highest BCUT2D eigenvalue weighted by Crippen LogP contribution is 2.60. The van der Waals surface area contributed by atoms with Gasteiger partial charge in [-0.15, -0.1) is 0 Å². The van der Waals surface area contributed by atoms with Crippen LogP contribution >= 0.6 is 0 Å². The average Bonchev–Trinajstić information content (AvgIpc) is 0.858.